The molecule has 90 valence electrons. The van der Waals surface area contributed by atoms with E-state index < -0.39 is 0 Å². The van der Waals surface area contributed by atoms with Gasteiger partial charge in [-0.05, 0) is 59.8 Å². The number of hydrogen-bond acceptors (Lipinski definition) is 2. The van der Waals surface area contributed by atoms with Crippen LogP contribution in [0.15, 0.2) is 36.4 Å². The third-order valence-electron chi connectivity index (χ3n) is 2.29. The minimum Gasteiger partial charge on any atom is -0.238 e. The molecule has 0 fully saturated rings. The third kappa shape index (κ3) is 3.27. The van der Waals surface area contributed by atoms with Gasteiger partial charge < -0.3 is 0 Å². The first kappa shape index (κ1) is 13.0. The van der Waals surface area contributed by atoms with E-state index >= 15 is 0 Å². The molecular weight excluding hydrogens is 244 g/mol. The number of aromatic nitrogens is 2. The molecule has 2 nitrogen and oxygen atoms in total. The fourth-order valence-electron chi connectivity index (χ4n) is 1.49. The number of nitrogens with zero attached hydrogens (tertiary/aromatic N) is 2. The van der Waals surface area contributed by atoms with E-state index in [2.05, 4.69) is 45.5 Å². The zero-order valence-electron chi connectivity index (χ0n) is 10.5. The molecular formula is C18H8N2. The van der Waals surface area contributed by atoms with Crippen LogP contribution in [0.3, 0.4) is 0 Å². The van der Waals surface area contributed by atoms with Gasteiger partial charge in [0.25, 0.3) is 0 Å². The monoisotopic (exact) mass is 252 g/mol. The third-order valence-corrected chi connectivity index (χ3v) is 2.29. The molecule has 2 rings (SSSR count). The molecule has 2 aromatic heterocycles. The topological polar surface area (TPSA) is 25.8 Å². The summed E-state index contributed by atoms with van der Waals surface area (Å²) in [5.74, 6) is 15.1. The van der Waals surface area contributed by atoms with Crippen molar-refractivity contribution < 1.29 is 0 Å². The Morgan fingerprint density at radius 1 is 0.700 bits per heavy atom. The molecule has 2 heterocycles. The molecule has 0 aromatic carbocycles. The summed E-state index contributed by atoms with van der Waals surface area (Å²) in [7, 11) is 0. The summed E-state index contributed by atoms with van der Waals surface area (Å²) >= 11 is 0. The Kier molecular flexibility index (Phi) is 4.20. The first-order valence-electron chi connectivity index (χ1n) is 5.71. The molecule has 0 aliphatic carbocycles. The zero-order chi connectivity index (χ0) is 14.2. The summed E-state index contributed by atoms with van der Waals surface area (Å²) < 4.78 is 0. The maximum atomic E-state index is 5.10. The number of rotatable bonds is 1. The lowest BCUT2D eigenvalue weighted by Crippen LogP contribution is -1.92. The van der Waals surface area contributed by atoms with Crippen molar-refractivity contribution in [3.8, 4) is 59.8 Å². The van der Waals surface area contributed by atoms with Gasteiger partial charge in [0.15, 0.2) is 0 Å². The van der Waals surface area contributed by atoms with Gasteiger partial charge in [-0.1, -0.05) is 12.1 Å². The van der Waals surface area contributed by atoms with Gasteiger partial charge >= 0.3 is 0 Å². The summed E-state index contributed by atoms with van der Waals surface area (Å²) in [6.45, 7) is 0. The van der Waals surface area contributed by atoms with Gasteiger partial charge in [0, 0.05) is 0 Å². The van der Waals surface area contributed by atoms with E-state index in [1.807, 2.05) is 24.3 Å². The van der Waals surface area contributed by atoms with Crippen LogP contribution in [0.25, 0.3) is 11.4 Å². The largest absolute Gasteiger partial charge is 0.238 e. The van der Waals surface area contributed by atoms with Crippen LogP contribution in [0.2, 0.25) is 0 Å². The summed E-state index contributed by atoms with van der Waals surface area (Å²) in [6, 6.07) is 11.0. The van der Waals surface area contributed by atoms with Crippen LogP contribution in [-0.4, -0.2) is 9.97 Å². The lowest BCUT2D eigenvalue weighted by molar-refractivity contribution is 1.21. The summed E-state index contributed by atoms with van der Waals surface area (Å²) in [4.78, 5) is 8.76. The van der Waals surface area contributed by atoms with E-state index in [0.29, 0.717) is 22.8 Å². The highest BCUT2D eigenvalue weighted by Gasteiger charge is 2.02. The van der Waals surface area contributed by atoms with E-state index in [4.69, 9.17) is 12.8 Å². The molecule has 0 saturated heterocycles. The van der Waals surface area contributed by atoms with E-state index in [1.165, 1.54) is 0 Å². The highest BCUT2D eigenvalue weighted by atomic mass is 14.8. The Bertz CT molecular complexity index is 767. The first-order chi connectivity index (χ1) is 9.83. The van der Waals surface area contributed by atoms with Crippen molar-refractivity contribution in [3.63, 3.8) is 0 Å². The minimum absolute atomic E-state index is 0.599. The maximum absolute atomic E-state index is 5.10. The molecule has 20 heavy (non-hydrogen) atoms. The summed E-state index contributed by atoms with van der Waals surface area (Å²) in [5.41, 5.74) is 2.61. The molecule has 0 spiro atoms. The second kappa shape index (κ2) is 6.47. The molecule has 0 amide bonds. The zero-order valence-corrected chi connectivity index (χ0v) is 10.5. The van der Waals surface area contributed by atoms with Crippen LogP contribution in [0.5, 0.6) is 0 Å². The molecule has 0 saturated carbocycles. The summed E-state index contributed by atoms with van der Waals surface area (Å²) in [5, 5.41) is 0. The molecule has 0 radical (unpaired) electrons. The molecule has 0 N–H and O–H groups in total. The van der Waals surface area contributed by atoms with Gasteiger partial charge in [-0.2, -0.15) is 0 Å². The predicted molar refractivity (Wildman–Crippen MR) is 78.9 cm³/mol. The Morgan fingerprint density at radius 2 is 1.15 bits per heavy atom. The fourth-order valence-corrected chi connectivity index (χ4v) is 1.49. The Balaban J connectivity index is 2.42. The normalized spacial score (nSPS) is 8.10. The second-order valence-corrected chi connectivity index (χ2v) is 3.60. The van der Waals surface area contributed by atoms with Crippen LogP contribution in [0.4, 0.5) is 0 Å². The Labute approximate surface area is 118 Å². The smallest absolute Gasteiger partial charge is 0.114 e. The highest BCUT2D eigenvalue weighted by molar-refractivity contribution is 5.56. The van der Waals surface area contributed by atoms with E-state index in [0.717, 1.165) is 0 Å². The van der Waals surface area contributed by atoms with E-state index in [9.17, 15) is 0 Å². The van der Waals surface area contributed by atoms with Crippen LogP contribution in [-0.2, 0) is 0 Å². The number of hydrogen-bond donors (Lipinski definition) is 0. The Morgan fingerprint density at radius 3 is 1.55 bits per heavy atom. The fraction of sp³-hybridized carbons (Fsp3) is 0. The molecule has 2 heteroatoms. The van der Waals surface area contributed by atoms with Gasteiger partial charge in [0.05, 0.1) is 11.4 Å². The molecule has 0 atom stereocenters. The predicted octanol–water partition coefficient (Wildman–Crippen LogP) is 2.11. The average molecular weight is 252 g/mol. The lowest BCUT2D eigenvalue weighted by atomic mass is 10.2. The number of terminal acetylenes is 2. The van der Waals surface area contributed by atoms with E-state index in [-0.39, 0.29) is 0 Å². The molecule has 0 unspecified atom stereocenters. The average Bonchev–Trinajstić information content (AvgIpc) is 2.51. The van der Waals surface area contributed by atoms with Gasteiger partial charge in [0.2, 0.25) is 0 Å². The van der Waals surface area contributed by atoms with Crippen molar-refractivity contribution in [1.29, 1.82) is 0 Å². The summed E-state index contributed by atoms with van der Waals surface area (Å²) in [6.07, 6.45) is 10.2. The van der Waals surface area contributed by atoms with Crippen LogP contribution < -0.4 is 0 Å². The quantitative estimate of drug-likeness (QED) is 0.726. The van der Waals surface area contributed by atoms with Crippen molar-refractivity contribution >= 4 is 0 Å². The molecule has 0 aliphatic heterocycles. The lowest BCUT2D eigenvalue weighted by Gasteiger charge is -2.01. The van der Waals surface area contributed by atoms with Gasteiger partial charge in [-0.3, -0.25) is 0 Å². The van der Waals surface area contributed by atoms with Crippen molar-refractivity contribution in [2.24, 2.45) is 0 Å². The van der Waals surface area contributed by atoms with Crippen molar-refractivity contribution in [2.75, 3.05) is 0 Å². The van der Waals surface area contributed by atoms with Crippen molar-refractivity contribution in [3.05, 3.63) is 47.8 Å². The van der Waals surface area contributed by atoms with Gasteiger partial charge in [-0.15, -0.1) is 12.8 Å². The molecule has 0 aliphatic rings. The van der Waals surface area contributed by atoms with Crippen LogP contribution in [0.1, 0.15) is 11.4 Å². The minimum atomic E-state index is 0.599. The second-order valence-electron chi connectivity index (χ2n) is 3.60. The highest BCUT2D eigenvalue weighted by Crippen LogP contribution is 2.14. The first-order valence-corrected chi connectivity index (χ1v) is 5.71. The van der Waals surface area contributed by atoms with E-state index in [1.54, 1.807) is 12.1 Å². The number of pyridine rings is 2. The van der Waals surface area contributed by atoms with Crippen molar-refractivity contribution in [1.82, 2.24) is 9.97 Å². The van der Waals surface area contributed by atoms with Gasteiger partial charge in [-0.25, -0.2) is 9.97 Å². The van der Waals surface area contributed by atoms with Crippen LogP contribution >= 0.6 is 0 Å². The SMILES string of the molecule is C#CC#Cc1cccc(-c2cccc(C#CC#C)n2)n1. The van der Waals surface area contributed by atoms with Crippen LogP contribution in [0, 0.1) is 48.4 Å². The van der Waals surface area contributed by atoms with Gasteiger partial charge in [0.1, 0.15) is 11.4 Å². The maximum Gasteiger partial charge on any atom is 0.114 e. The molecule has 0 bridgehead atoms. The Hall–Kier alpha value is -3.46. The standard InChI is InChI=1S/C18H8N2/c1-3-5-9-15-11-7-13-17(19-15)18-14-8-12-16(20-18)10-6-4-2/h1-2,7-8,11-14H. The van der Waals surface area contributed by atoms with Crippen molar-refractivity contribution in [2.45, 2.75) is 0 Å². The molecule has 2 aromatic rings.